The predicted molar refractivity (Wildman–Crippen MR) is 105 cm³/mol. The molecular formula is C22H24N2O3. The van der Waals surface area contributed by atoms with E-state index in [1.165, 1.54) is 0 Å². The van der Waals surface area contributed by atoms with Crippen molar-refractivity contribution in [1.29, 1.82) is 0 Å². The number of ketones is 1. The molecule has 140 valence electrons. The van der Waals surface area contributed by atoms with E-state index in [1.807, 2.05) is 55.1 Å². The molecule has 1 saturated heterocycles. The minimum absolute atomic E-state index is 0.0407. The molecule has 0 aliphatic carbocycles. The van der Waals surface area contributed by atoms with Gasteiger partial charge in [-0.1, -0.05) is 47.5 Å². The number of aryl methyl sites for hydroxylation is 2. The van der Waals surface area contributed by atoms with E-state index in [0.717, 1.165) is 30.0 Å². The third kappa shape index (κ3) is 4.97. The standard InChI is InChI=1S/C22H24N2O3/c1-16-3-7-18(8-4-16)20(25)15-21-23-11-12-24(21)13-14-27-22(26)19-9-5-17(2)6-10-19/h3-10,15,23H,11-14H2,1-2H3/b21-15+. The van der Waals surface area contributed by atoms with E-state index in [2.05, 4.69) is 5.32 Å². The molecule has 3 rings (SSSR count). The number of nitrogens with one attached hydrogen (secondary N) is 1. The van der Waals surface area contributed by atoms with Crippen LogP contribution in [0.2, 0.25) is 0 Å². The molecule has 0 bridgehead atoms. The van der Waals surface area contributed by atoms with Gasteiger partial charge in [-0.15, -0.1) is 0 Å². The molecule has 0 amide bonds. The van der Waals surface area contributed by atoms with Crippen LogP contribution < -0.4 is 5.32 Å². The van der Waals surface area contributed by atoms with Crippen LogP contribution in [0.25, 0.3) is 0 Å². The number of esters is 1. The maximum Gasteiger partial charge on any atom is 0.338 e. The number of hydrogen-bond acceptors (Lipinski definition) is 5. The first kappa shape index (κ1) is 18.7. The Hall–Kier alpha value is -3.08. The fourth-order valence-electron chi connectivity index (χ4n) is 2.87. The molecule has 27 heavy (non-hydrogen) atoms. The van der Waals surface area contributed by atoms with Crippen LogP contribution in [0.15, 0.2) is 60.4 Å². The van der Waals surface area contributed by atoms with Crippen molar-refractivity contribution in [2.45, 2.75) is 13.8 Å². The molecule has 1 N–H and O–H groups in total. The smallest absolute Gasteiger partial charge is 0.338 e. The van der Waals surface area contributed by atoms with Crippen LogP contribution in [0.1, 0.15) is 31.8 Å². The van der Waals surface area contributed by atoms with Gasteiger partial charge >= 0.3 is 5.97 Å². The Bertz CT molecular complexity index is 839. The van der Waals surface area contributed by atoms with Crippen molar-refractivity contribution in [2.24, 2.45) is 0 Å². The van der Waals surface area contributed by atoms with Gasteiger partial charge in [0, 0.05) is 24.7 Å². The maximum absolute atomic E-state index is 12.4. The van der Waals surface area contributed by atoms with Gasteiger partial charge in [0.2, 0.25) is 0 Å². The summed E-state index contributed by atoms with van der Waals surface area (Å²) in [5.41, 5.74) is 3.43. The molecule has 1 heterocycles. The van der Waals surface area contributed by atoms with Gasteiger partial charge in [-0.3, -0.25) is 4.79 Å². The molecule has 0 aromatic heterocycles. The Labute approximate surface area is 159 Å². The molecule has 0 radical (unpaired) electrons. The van der Waals surface area contributed by atoms with Crippen molar-refractivity contribution >= 4 is 11.8 Å². The number of carbonyl (C=O) groups is 2. The molecule has 0 saturated carbocycles. The number of rotatable bonds is 6. The van der Waals surface area contributed by atoms with Gasteiger partial charge in [0.15, 0.2) is 5.78 Å². The molecule has 2 aromatic rings. The summed E-state index contributed by atoms with van der Waals surface area (Å²) in [4.78, 5) is 26.5. The highest BCUT2D eigenvalue weighted by molar-refractivity contribution is 6.04. The minimum atomic E-state index is -0.330. The zero-order chi connectivity index (χ0) is 19.2. The Morgan fingerprint density at radius 3 is 2.22 bits per heavy atom. The lowest BCUT2D eigenvalue weighted by Gasteiger charge is -2.18. The van der Waals surface area contributed by atoms with Crippen LogP contribution in [0.4, 0.5) is 0 Å². The first-order chi connectivity index (χ1) is 13.0. The number of carbonyl (C=O) groups excluding carboxylic acids is 2. The Morgan fingerprint density at radius 2 is 1.59 bits per heavy atom. The quantitative estimate of drug-likeness (QED) is 0.485. The van der Waals surface area contributed by atoms with E-state index >= 15 is 0 Å². The summed E-state index contributed by atoms with van der Waals surface area (Å²) in [6.07, 6.45) is 1.61. The fraction of sp³-hybridized carbons (Fsp3) is 0.273. The summed E-state index contributed by atoms with van der Waals surface area (Å²) in [6, 6.07) is 14.8. The van der Waals surface area contributed by atoms with Gasteiger partial charge in [0.25, 0.3) is 0 Å². The highest BCUT2D eigenvalue weighted by Crippen LogP contribution is 2.11. The topological polar surface area (TPSA) is 58.6 Å². The Kier molecular flexibility index (Phi) is 5.91. The van der Waals surface area contributed by atoms with Crippen LogP contribution in [0.3, 0.4) is 0 Å². The molecule has 1 fully saturated rings. The number of benzene rings is 2. The molecule has 2 aromatic carbocycles. The third-order valence-electron chi connectivity index (χ3n) is 4.51. The van der Waals surface area contributed by atoms with Gasteiger partial charge < -0.3 is 15.0 Å². The Morgan fingerprint density at radius 1 is 1.00 bits per heavy atom. The second kappa shape index (κ2) is 8.54. The molecule has 5 heteroatoms. The van der Waals surface area contributed by atoms with Crippen molar-refractivity contribution < 1.29 is 14.3 Å². The normalized spacial score (nSPS) is 14.9. The van der Waals surface area contributed by atoms with Crippen molar-refractivity contribution in [3.8, 4) is 0 Å². The Balaban J connectivity index is 1.55. The first-order valence-electron chi connectivity index (χ1n) is 9.08. The van der Waals surface area contributed by atoms with Crippen LogP contribution >= 0.6 is 0 Å². The van der Waals surface area contributed by atoms with E-state index in [1.54, 1.807) is 18.2 Å². The monoisotopic (exact) mass is 364 g/mol. The van der Waals surface area contributed by atoms with Gasteiger partial charge in [0.1, 0.15) is 12.4 Å². The predicted octanol–water partition coefficient (Wildman–Crippen LogP) is 3.09. The molecule has 1 aliphatic rings. The average Bonchev–Trinajstić information content (AvgIpc) is 3.09. The summed E-state index contributed by atoms with van der Waals surface area (Å²) in [6.45, 7) is 6.31. The molecule has 0 atom stereocenters. The largest absolute Gasteiger partial charge is 0.460 e. The number of allylic oxidation sites excluding steroid dienone is 1. The van der Waals surface area contributed by atoms with E-state index in [9.17, 15) is 9.59 Å². The molecule has 0 unspecified atom stereocenters. The minimum Gasteiger partial charge on any atom is -0.460 e. The number of hydrogen-bond donors (Lipinski definition) is 1. The second-order valence-electron chi connectivity index (χ2n) is 6.68. The lowest BCUT2D eigenvalue weighted by molar-refractivity contribution is 0.0480. The molecular weight excluding hydrogens is 340 g/mol. The van der Waals surface area contributed by atoms with Crippen molar-refractivity contribution in [3.05, 3.63) is 82.7 Å². The zero-order valence-electron chi connectivity index (χ0n) is 15.7. The summed E-state index contributed by atoms with van der Waals surface area (Å²) in [5.74, 6) is 0.399. The molecule has 5 nitrogen and oxygen atoms in total. The van der Waals surface area contributed by atoms with Crippen molar-refractivity contribution in [3.63, 3.8) is 0 Å². The van der Waals surface area contributed by atoms with Crippen LogP contribution in [-0.4, -0.2) is 42.9 Å². The number of ether oxygens (including phenoxy) is 1. The highest BCUT2D eigenvalue weighted by Gasteiger charge is 2.18. The fourth-order valence-corrected chi connectivity index (χ4v) is 2.87. The van der Waals surface area contributed by atoms with Gasteiger partial charge in [-0.2, -0.15) is 0 Å². The van der Waals surface area contributed by atoms with Crippen LogP contribution in [-0.2, 0) is 4.74 Å². The summed E-state index contributed by atoms with van der Waals surface area (Å²) in [5, 5.41) is 3.22. The van der Waals surface area contributed by atoms with Crippen molar-refractivity contribution in [1.82, 2.24) is 10.2 Å². The van der Waals surface area contributed by atoms with E-state index in [4.69, 9.17) is 4.74 Å². The number of nitrogens with zero attached hydrogens (tertiary/aromatic N) is 1. The van der Waals surface area contributed by atoms with Gasteiger partial charge in [-0.05, 0) is 26.0 Å². The summed E-state index contributed by atoms with van der Waals surface area (Å²) < 4.78 is 5.36. The van der Waals surface area contributed by atoms with Crippen LogP contribution in [0.5, 0.6) is 0 Å². The first-order valence-corrected chi connectivity index (χ1v) is 9.08. The lowest BCUT2D eigenvalue weighted by Crippen LogP contribution is -2.26. The summed E-state index contributed by atoms with van der Waals surface area (Å²) >= 11 is 0. The third-order valence-corrected chi connectivity index (χ3v) is 4.51. The summed E-state index contributed by atoms with van der Waals surface area (Å²) in [7, 11) is 0. The second-order valence-corrected chi connectivity index (χ2v) is 6.68. The van der Waals surface area contributed by atoms with Crippen LogP contribution in [0, 0.1) is 13.8 Å². The molecule has 1 aliphatic heterocycles. The van der Waals surface area contributed by atoms with Gasteiger partial charge in [-0.25, -0.2) is 4.79 Å². The zero-order valence-corrected chi connectivity index (χ0v) is 15.7. The van der Waals surface area contributed by atoms with E-state index < -0.39 is 0 Å². The van der Waals surface area contributed by atoms with E-state index in [0.29, 0.717) is 17.7 Å². The highest BCUT2D eigenvalue weighted by atomic mass is 16.5. The van der Waals surface area contributed by atoms with Gasteiger partial charge in [0.05, 0.1) is 12.1 Å². The lowest BCUT2D eigenvalue weighted by atomic mass is 10.1. The SMILES string of the molecule is Cc1ccc(C(=O)/C=C2\NCCN2CCOC(=O)c2ccc(C)cc2)cc1. The maximum atomic E-state index is 12.4. The van der Waals surface area contributed by atoms with E-state index in [-0.39, 0.29) is 18.4 Å². The van der Waals surface area contributed by atoms with Crippen molar-refractivity contribution in [2.75, 3.05) is 26.2 Å². The molecule has 0 spiro atoms. The average molecular weight is 364 g/mol.